The smallest absolute Gasteiger partial charge is 0.135 e. The maximum Gasteiger partial charge on any atom is 0.135 e. The van der Waals surface area contributed by atoms with Crippen molar-refractivity contribution in [2.45, 2.75) is 25.2 Å². The second-order valence-electron chi connectivity index (χ2n) is 9.17. The molecule has 0 saturated heterocycles. The van der Waals surface area contributed by atoms with Crippen LogP contribution < -0.4 is 0 Å². The number of aryl methyl sites for hydroxylation is 1. The fourth-order valence-corrected chi connectivity index (χ4v) is 5.36. The second-order valence-corrected chi connectivity index (χ2v) is 9.17. The minimum absolute atomic E-state index is 0.335. The molecule has 0 N–H and O–H groups in total. The molecule has 6 rings (SSSR count). The van der Waals surface area contributed by atoms with E-state index in [-0.39, 0.29) is 11.6 Å². The molecule has 0 radical (unpaired) electrons. The Labute approximate surface area is 207 Å². The SMILES string of the molecule is C#Cc1ncn2c1C(Cc1cccc(F)c1)(Cc1cccc(F)c1)c1cnnn1-c1cc(C)ccc1-2. The van der Waals surface area contributed by atoms with Gasteiger partial charge in [-0.15, -0.1) is 11.5 Å². The van der Waals surface area contributed by atoms with Crippen molar-refractivity contribution in [2.24, 2.45) is 0 Å². The van der Waals surface area contributed by atoms with Crippen LogP contribution in [-0.2, 0) is 18.3 Å². The van der Waals surface area contributed by atoms with Crippen LogP contribution >= 0.6 is 0 Å². The molecule has 0 fully saturated rings. The summed E-state index contributed by atoms with van der Waals surface area (Å²) in [7, 11) is 0. The number of benzene rings is 3. The molecule has 0 saturated carbocycles. The Morgan fingerprint density at radius 3 is 2.25 bits per heavy atom. The summed E-state index contributed by atoms with van der Waals surface area (Å²) in [6, 6.07) is 19.0. The Morgan fingerprint density at radius 2 is 1.61 bits per heavy atom. The van der Waals surface area contributed by atoms with Gasteiger partial charge in [0.05, 0.1) is 34.4 Å². The van der Waals surface area contributed by atoms with Crippen LogP contribution in [0.2, 0.25) is 0 Å². The summed E-state index contributed by atoms with van der Waals surface area (Å²) in [5, 5.41) is 8.75. The van der Waals surface area contributed by atoms with Gasteiger partial charge in [-0.1, -0.05) is 35.5 Å². The van der Waals surface area contributed by atoms with Crippen molar-refractivity contribution >= 4 is 0 Å². The van der Waals surface area contributed by atoms with E-state index in [9.17, 15) is 8.78 Å². The number of terminal acetylenes is 1. The molecule has 0 atom stereocenters. The van der Waals surface area contributed by atoms with E-state index in [2.05, 4.69) is 21.2 Å². The van der Waals surface area contributed by atoms with Crippen LogP contribution in [0.4, 0.5) is 8.78 Å². The lowest BCUT2D eigenvalue weighted by Crippen LogP contribution is -2.37. The zero-order valence-corrected chi connectivity index (χ0v) is 19.5. The van der Waals surface area contributed by atoms with E-state index in [4.69, 9.17) is 6.42 Å². The topological polar surface area (TPSA) is 48.5 Å². The minimum atomic E-state index is -0.893. The summed E-state index contributed by atoms with van der Waals surface area (Å²) in [6.07, 6.45) is 10.1. The largest absolute Gasteiger partial charge is 0.299 e. The third-order valence-electron chi connectivity index (χ3n) is 6.81. The Hall–Kier alpha value is -4.57. The first-order valence-corrected chi connectivity index (χ1v) is 11.5. The molecule has 0 bridgehead atoms. The van der Waals surface area contributed by atoms with Crippen LogP contribution in [0.15, 0.2) is 79.3 Å². The van der Waals surface area contributed by atoms with Crippen LogP contribution in [-0.4, -0.2) is 24.5 Å². The van der Waals surface area contributed by atoms with Gasteiger partial charge in [0.25, 0.3) is 0 Å². The average molecular weight is 478 g/mol. The summed E-state index contributed by atoms with van der Waals surface area (Å²) >= 11 is 0. The normalized spacial score (nSPS) is 13.3. The fraction of sp³-hybridized carbons (Fsp3) is 0.138. The number of nitrogens with zero attached hydrogens (tertiary/aromatic N) is 5. The van der Waals surface area contributed by atoms with Gasteiger partial charge in [-0.25, -0.2) is 18.4 Å². The lowest BCUT2D eigenvalue weighted by atomic mass is 9.70. The molecule has 5 nitrogen and oxygen atoms in total. The van der Waals surface area contributed by atoms with Crippen molar-refractivity contribution in [3.63, 3.8) is 0 Å². The molecule has 2 aromatic heterocycles. The highest BCUT2D eigenvalue weighted by Gasteiger charge is 2.45. The van der Waals surface area contributed by atoms with Gasteiger partial charge in [0.2, 0.25) is 0 Å². The third kappa shape index (κ3) is 3.42. The minimum Gasteiger partial charge on any atom is -0.299 e. The van der Waals surface area contributed by atoms with Crippen molar-refractivity contribution < 1.29 is 8.78 Å². The van der Waals surface area contributed by atoms with Gasteiger partial charge in [0.15, 0.2) is 0 Å². The lowest BCUT2D eigenvalue weighted by Gasteiger charge is -2.34. The van der Waals surface area contributed by atoms with Crippen molar-refractivity contribution in [1.29, 1.82) is 0 Å². The molecule has 1 aliphatic heterocycles. The van der Waals surface area contributed by atoms with E-state index in [1.165, 1.54) is 24.3 Å². The number of hydrogen-bond acceptors (Lipinski definition) is 3. The quantitative estimate of drug-likeness (QED) is 0.338. The van der Waals surface area contributed by atoms with E-state index >= 15 is 0 Å². The number of aromatic nitrogens is 5. The molecule has 0 spiro atoms. The number of imidazole rings is 1. The monoisotopic (exact) mass is 477 g/mol. The Balaban J connectivity index is 1.72. The molecule has 36 heavy (non-hydrogen) atoms. The summed E-state index contributed by atoms with van der Waals surface area (Å²) < 4.78 is 32.5. The van der Waals surface area contributed by atoms with Crippen LogP contribution in [0, 0.1) is 30.9 Å². The fourth-order valence-electron chi connectivity index (χ4n) is 5.36. The van der Waals surface area contributed by atoms with Gasteiger partial charge < -0.3 is 0 Å². The number of rotatable bonds is 4. The average Bonchev–Trinajstić information content (AvgIpc) is 3.50. The van der Waals surface area contributed by atoms with E-state index < -0.39 is 5.41 Å². The van der Waals surface area contributed by atoms with E-state index in [1.54, 1.807) is 24.7 Å². The van der Waals surface area contributed by atoms with Crippen molar-refractivity contribution in [2.75, 3.05) is 0 Å². The summed E-state index contributed by atoms with van der Waals surface area (Å²) in [5.74, 6) is 2.08. The predicted octanol–water partition coefficient (Wildman–Crippen LogP) is 5.11. The van der Waals surface area contributed by atoms with Gasteiger partial charge in [-0.05, 0) is 78.8 Å². The highest BCUT2D eigenvalue weighted by Crippen LogP contribution is 2.45. The highest BCUT2D eigenvalue weighted by atomic mass is 19.1. The van der Waals surface area contributed by atoms with E-state index in [0.29, 0.717) is 18.5 Å². The second kappa shape index (κ2) is 8.28. The zero-order valence-electron chi connectivity index (χ0n) is 19.5. The first-order chi connectivity index (χ1) is 17.5. The lowest BCUT2D eigenvalue weighted by molar-refractivity contribution is 0.459. The molecule has 3 heterocycles. The molecular weight excluding hydrogens is 456 g/mol. The molecule has 3 aromatic carbocycles. The molecule has 7 heteroatoms. The van der Waals surface area contributed by atoms with Crippen LogP contribution in [0.1, 0.15) is 33.8 Å². The van der Waals surface area contributed by atoms with Crippen molar-refractivity contribution in [3.05, 3.63) is 125 Å². The molecule has 0 unspecified atom stereocenters. The summed E-state index contributed by atoms with van der Waals surface area (Å²) in [4.78, 5) is 4.58. The van der Waals surface area contributed by atoms with Gasteiger partial charge in [0.1, 0.15) is 23.7 Å². The number of halogens is 2. The summed E-state index contributed by atoms with van der Waals surface area (Å²) in [5.41, 5.74) is 5.33. The first kappa shape index (κ1) is 21.9. The molecular formula is C29H21F2N5. The van der Waals surface area contributed by atoms with Gasteiger partial charge in [-0.3, -0.25) is 4.57 Å². The van der Waals surface area contributed by atoms with Crippen molar-refractivity contribution in [3.8, 4) is 23.7 Å². The van der Waals surface area contributed by atoms with Gasteiger partial charge in [0, 0.05) is 0 Å². The van der Waals surface area contributed by atoms with Crippen LogP contribution in [0.5, 0.6) is 0 Å². The van der Waals surface area contributed by atoms with E-state index in [1.807, 2.05) is 46.5 Å². The van der Waals surface area contributed by atoms with Crippen LogP contribution in [0.25, 0.3) is 11.4 Å². The maximum atomic E-state index is 14.4. The Kier molecular flexibility index (Phi) is 5.04. The molecule has 0 aliphatic carbocycles. The van der Waals surface area contributed by atoms with E-state index in [0.717, 1.165) is 39.5 Å². The van der Waals surface area contributed by atoms with Gasteiger partial charge in [-0.2, -0.15) is 0 Å². The highest BCUT2D eigenvalue weighted by molar-refractivity contribution is 5.61. The Bertz CT molecular complexity index is 1610. The number of hydrogen-bond donors (Lipinski definition) is 0. The molecule has 1 aliphatic rings. The standard InChI is InChI=1S/C29H21F2N5/c1-3-24-28-29(15-20-6-4-8-22(30)13-20,16-21-7-5-9-23(31)14-21)27-17-33-34-36(27)26-12-19(2)10-11-25(26)35(28)18-32-24/h1,4-14,17-18H,15-16H2,2H3. The molecule has 5 aromatic rings. The molecule has 0 amide bonds. The predicted molar refractivity (Wildman–Crippen MR) is 132 cm³/mol. The zero-order chi connectivity index (χ0) is 24.9. The maximum absolute atomic E-state index is 14.4. The third-order valence-corrected chi connectivity index (χ3v) is 6.81. The van der Waals surface area contributed by atoms with Crippen LogP contribution in [0.3, 0.4) is 0 Å². The number of fused-ring (bicyclic) bond motifs is 5. The van der Waals surface area contributed by atoms with Crippen molar-refractivity contribution in [1.82, 2.24) is 24.5 Å². The molecule has 176 valence electrons. The summed E-state index contributed by atoms with van der Waals surface area (Å²) in [6.45, 7) is 2.01. The Morgan fingerprint density at radius 1 is 0.917 bits per heavy atom. The van der Waals surface area contributed by atoms with Gasteiger partial charge >= 0.3 is 0 Å². The first-order valence-electron chi connectivity index (χ1n) is 11.5.